The van der Waals surface area contributed by atoms with E-state index in [0.29, 0.717) is 4.99 Å². The number of hydrogen-bond acceptors (Lipinski definition) is 4. The maximum atomic E-state index is 5.91. The van der Waals surface area contributed by atoms with E-state index in [9.17, 15) is 0 Å². The number of nitrogens with two attached hydrogens (primary N) is 1. The van der Waals surface area contributed by atoms with Crippen LogP contribution in [0, 0.1) is 0 Å². The summed E-state index contributed by atoms with van der Waals surface area (Å²) in [6.45, 7) is 8.95. The van der Waals surface area contributed by atoms with Gasteiger partial charge in [-0.2, -0.15) is 0 Å². The fourth-order valence-electron chi connectivity index (χ4n) is 2.74. The summed E-state index contributed by atoms with van der Waals surface area (Å²) in [5.74, 6) is 0. The summed E-state index contributed by atoms with van der Waals surface area (Å²) in [6.07, 6.45) is 1.96. The predicted molar refractivity (Wildman–Crippen MR) is 80.0 cm³/mol. The lowest BCUT2D eigenvalue weighted by molar-refractivity contribution is -0.130. The SMILES string of the molecule is CC1CN(Cc2cccnc2C(N)=S)CC(C)(C)O1. The zero-order valence-electron chi connectivity index (χ0n) is 11.7. The van der Waals surface area contributed by atoms with Gasteiger partial charge in [-0.3, -0.25) is 9.88 Å². The average molecular weight is 279 g/mol. The number of pyridine rings is 1. The molecule has 4 nitrogen and oxygen atoms in total. The molecular weight excluding hydrogens is 258 g/mol. The Morgan fingerprint density at radius 3 is 3.00 bits per heavy atom. The summed E-state index contributed by atoms with van der Waals surface area (Å²) >= 11 is 5.06. The highest BCUT2D eigenvalue weighted by Gasteiger charge is 2.31. The molecule has 104 valence electrons. The number of rotatable bonds is 3. The second-order valence-electron chi connectivity index (χ2n) is 5.73. The Hall–Kier alpha value is -1.04. The molecule has 1 saturated heterocycles. The minimum atomic E-state index is -0.122. The summed E-state index contributed by atoms with van der Waals surface area (Å²) < 4.78 is 5.91. The first kappa shape index (κ1) is 14.4. The third-order valence-corrected chi connectivity index (χ3v) is 3.35. The molecule has 0 saturated carbocycles. The van der Waals surface area contributed by atoms with E-state index in [0.717, 1.165) is 30.9 Å². The molecule has 1 atom stereocenters. The molecule has 19 heavy (non-hydrogen) atoms. The first-order valence-corrected chi connectivity index (χ1v) is 6.92. The Bertz CT molecular complexity index is 476. The Morgan fingerprint density at radius 2 is 2.37 bits per heavy atom. The van der Waals surface area contributed by atoms with Crippen LogP contribution >= 0.6 is 12.2 Å². The van der Waals surface area contributed by atoms with E-state index in [1.54, 1.807) is 6.20 Å². The number of morpholine rings is 1. The molecule has 0 radical (unpaired) electrons. The van der Waals surface area contributed by atoms with Crippen molar-refractivity contribution >= 4 is 17.2 Å². The minimum absolute atomic E-state index is 0.122. The van der Waals surface area contributed by atoms with Crippen molar-refractivity contribution in [1.82, 2.24) is 9.88 Å². The van der Waals surface area contributed by atoms with E-state index in [-0.39, 0.29) is 11.7 Å². The van der Waals surface area contributed by atoms with E-state index in [4.69, 9.17) is 22.7 Å². The van der Waals surface area contributed by atoms with Crippen molar-refractivity contribution in [3.63, 3.8) is 0 Å². The van der Waals surface area contributed by atoms with Crippen LogP contribution in [0.25, 0.3) is 0 Å². The second kappa shape index (κ2) is 5.53. The molecule has 0 aromatic carbocycles. The van der Waals surface area contributed by atoms with Gasteiger partial charge in [-0.15, -0.1) is 0 Å². The summed E-state index contributed by atoms with van der Waals surface area (Å²) in [4.78, 5) is 7.00. The van der Waals surface area contributed by atoms with Gasteiger partial charge in [0.1, 0.15) is 10.7 Å². The molecule has 1 aromatic rings. The van der Waals surface area contributed by atoms with Gasteiger partial charge in [0, 0.05) is 25.8 Å². The van der Waals surface area contributed by atoms with Gasteiger partial charge in [0.05, 0.1) is 11.7 Å². The fraction of sp³-hybridized carbons (Fsp3) is 0.571. The maximum absolute atomic E-state index is 5.91. The van der Waals surface area contributed by atoms with Crippen molar-refractivity contribution in [3.05, 3.63) is 29.6 Å². The van der Waals surface area contributed by atoms with Crippen LogP contribution in [0.15, 0.2) is 18.3 Å². The molecule has 0 aliphatic carbocycles. The monoisotopic (exact) mass is 279 g/mol. The summed E-state index contributed by atoms with van der Waals surface area (Å²) in [5, 5.41) is 0. The highest BCUT2D eigenvalue weighted by atomic mass is 32.1. The number of aromatic nitrogens is 1. The second-order valence-corrected chi connectivity index (χ2v) is 6.17. The van der Waals surface area contributed by atoms with Crippen LogP contribution in [0.2, 0.25) is 0 Å². The van der Waals surface area contributed by atoms with Gasteiger partial charge < -0.3 is 10.5 Å². The number of thiocarbonyl (C=S) groups is 1. The number of hydrogen-bond donors (Lipinski definition) is 1. The van der Waals surface area contributed by atoms with E-state index in [1.165, 1.54) is 0 Å². The molecule has 0 spiro atoms. The van der Waals surface area contributed by atoms with Crippen molar-refractivity contribution < 1.29 is 4.74 Å². The van der Waals surface area contributed by atoms with Gasteiger partial charge in [0.25, 0.3) is 0 Å². The van der Waals surface area contributed by atoms with Crippen molar-refractivity contribution in [2.24, 2.45) is 5.73 Å². The van der Waals surface area contributed by atoms with Crippen molar-refractivity contribution in [2.75, 3.05) is 13.1 Å². The highest BCUT2D eigenvalue weighted by Crippen LogP contribution is 2.22. The summed E-state index contributed by atoms with van der Waals surface area (Å²) in [6, 6.07) is 3.96. The minimum Gasteiger partial charge on any atom is -0.388 e. The van der Waals surface area contributed by atoms with Crippen LogP contribution in [0.4, 0.5) is 0 Å². The molecule has 1 fully saturated rings. The number of nitrogens with zero attached hydrogens (tertiary/aromatic N) is 2. The lowest BCUT2D eigenvalue weighted by Crippen LogP contribution is -2.51. The first-order valence-electron chi connectivity index (χ1n) is 6.51. The van der Waals surface area contributed by atoms with Crippen molar-refractivity contribution in [3.8, 4) is 0 Å². The highest BCUT2D eigenvalue weighted by molar-refractivity contribution is 7.80. The van der Waals surface area contributed by atoms with Gasteiger partial charge in [-0.25, -0.2) is 0 Å². The van der Waals surface area contributed by atoms with E-state index < -0.39 is 0 Å². The maximum Gasteiger partial charge on any atom is 0.123 e. The Labute approximate surface area is 120 Å². The van der Waals surface area contributed by atoms with Crippen LogP contribution in [-0.4, -0.2) is 39.7 Å². The zero-order chi connectivity index (χ0) is 14.0. The third kappa shape index (κ3) is 3.72. The molecule has 2 heterocycles. The lowest BCUT2D eigenvalue weighted by Gasteiger charge is -2.41. The van der Waals surface area contributed by atoms with E-state index in [1.807, 2.05) is 12.1 Å². The Balaban J connectivity index is 2.15. The lowest BCUT2D eigenvalue weighted by atomic mass is 10.0. The van der Waals surface area contributed by atoms with Crippen molar-refractivity contribution in [2.45, 2.75) is 39.0 Å². The summed E-state index contributed by atoms with van der Waals surface area (Å²) in [7, 11) is 0. The van der Waals surface area contributed by atoms with Crippen molar-refractivity contribution in [1.29, 1.82) is 0 Å². The smallest absolute Gasteiger partial charge is 0.123 e. The predicted octanol–water partition coefficient (Wildman–Crippen LogP) is 1.72. The van der Waals surface area contributed by atoms with Gasteiger partial charge in [0.2, 0.25) is 0 Å². The van der Waals surface area contributed by atoms with Crippen LogP contribution in [0.1, 0.15) is 32.0 Å². The molecule has 2 N–H and O–H groups in total. The topological polar surface area (TPSA) is 51.4 Å². The molecule has 0 amide bonds. The Kier molecular flexibility index (Phi) is 4.18. The largest absolute Gasteiger partial charge is 0.388 e. The van der Waals surface area contributed by atoms with Crippen LogP contribution in [-0.2, 0) is 11.3 Å². The molecule has 5 heteroatoms. The molecule has 1 aliphatic heterocycles. The van der Waals surface area contributed by atoms with Gasteiger partial charge >= 0.3 is 0 Å². The molecular formula is C14H21N3OS. The third-order valence-electron chi connectivity index (χ3n) is 3.16. The summed E-state index contributed by atoms with van der Waals surface area (Å²) in [5.41, 5.74) is 7.42. The van der Waals surface area contributed by atoms with Gasteiger partial charge in [-0.05, 0) is 32.4 Å². The van der Waals surface area contributed by atoms with Gasteiger partial charge in [0.15, 0.2) is 0 Å². The molecule has 1 aliphatic rings. The number of ether oxygens (including phenoxy) is 1. The fourth-order valence-corrected chi connectivity index (χ4v) is 2.92. The average Bonchev–Trinajstić information content (AvgIpc) is 2.26. The molecule has 2 rings (SSSR count). The molecule has 1 aromatic heterocycles. The quantitative estimate of drug-likeness (QED) is 0.854. The standard InChI is InChI=1S/C14H21N3OS/c1-10-7-17(9-14(2,3)18-10)8-11-5-4-6-16-12(11)13(15)19/h4-6,10H,7-9H2,1-3H3,(H2,15,19). The van der Waals surface area contributed by atoms with Crippen LogP contribution < -0.4 is 5.73 Å². The van der Waals surface area contributed by atoms with Crippen LogP contribution in [0.3, 0.4) is 0 Å². The molecule has 0 bridgehead atoms. The van der Waals surface area contributed by atoms with E-state index in [2.05, 4.69) is 30.7 Å². The first-order chi connectivity index (χ1) is 8.87. The normalized spacial score (nSPS) is 23.2. The van der Waals surface area contributed by atoms with E-state index >= 15 is 0 Å². The zero-order valence-corrected chi connectivity index (χ0v) is 12.5. The molecule has 1 unspecified atom stereocenters. The Morgan fingerprint density at radius 1 is 1.63 bits per heavy atom. The van der Waals surface area contributed by atoms with Crippen LogP contribution in [0.5, 0.6) is 0 Å². The van der Waals surface area contributed by atoms with Gasteiger partial charge in [-0.1, -0.05) is 18.3 Å².